The molecule has 0 aromatic carbocycles. The van der Waals surface area contributed by atoms with E-state index in [4.69, 9.17) is 17.2 Å². The molecule has 0 saturated carbocycles. The first-order valence-electron chi connectivity index (χ1n) is 4.27. The Balaban J connectivity index is 3.56. The van der Waals surface area contributed by atoms with Gasteiger partial charge in [0.15, 0.2) is 0 Å². The van der Waals surface area contributed by atoms with Gasteiger partial charge in [0.05, 0.1) is 0 Å². The summed E-state index contributed by atoms with van der Waals surface area (Å²) in [7, 11) is 0. The molecule has 0 radical (unpaired) electrons. The third-order valence-electron chi connectivity index (χ3n) is 1.69. The second-order valence-corrected chi connectivity index (χ2v) is 2.90. The summed E-state index contributed by atoms with van der Waals surface area (Å²) in [5.74, 6) is 0. The summed E-state index contributed by atoms with van der Waals surface area (Å²) in [6.45, 7) is 0.603. The van der Waals surface area contributed by atoms with Crippen LogP contribution in [0.25, 0.3) is 0 Å². The van der Waals surface area contributed by atoms with Gasteiger partial charge in [0.1, 0.15) is 6.23 Å². The molecule has 0 aromatic rings. The lowest BCUT2D eigenvalue weighted by Crippen LogP contribution is -2.49. The van der Waals surface area contributed by atoms with Gasteiger partial charge in [-0.2, -0.15) is 0 Å². The number of hydrogen-bond acceptors (Lipinski definition) is 4. The minimum absolute atomic E-state index is 0.487. The number of urea groups is 1. The molecule has 78 valence electrons. The van der Waals surface area contributed by atoms with E-state index in [9.17, 15) is 9.90 Å². The first-order valence-corrected chi connectivity index (χ1v) is 4.27. The fraction of sp³-hybridized carbons (Fsp3) is 0.857. The topological polar surface area (TPSA) is 127 Å². The maximum atomic E-state index is 10.3. The van der Waals surface area contributed by atoms with Crippen molar-refractivity contribution >= 4 is 6.03 Å². The number of nitrogens with one attached hydrogen (secondary N) is 1. The highest BCUT2D eigenvalue weighted by Gasteiger charge is 2.14. The molecule has 0 saturated heterocycles. The van der Waals surface area contributed by atoms with Crippen molar-refractivity contribution in [2.24, 2.45) is 17.2 Å². The van der Waals surface area contributed by atoms with E-state index in [0.29, 0.717) is 13.0 Å². The molecule has 2 amide bonds. The van der Waals surface area contributed by atoms with Crippen LogP contribution in [0.5, 0.6) is 0 Å². The van der Waals surface area contributed by atoms with Crippen LogP contribution in [0.1, 0.15) is 19.3 Å². The number of aliphatic hydroxyl groups excluding tert-OH is 1. The molecule has 0 bridgehead atoms. The highest BCUT2D eigenvalue weighted by molar-refractivity contribution is 5.71. The highest BCUT2D eigenvalue weighted by Crippen LogP contribution is 2.00. The molecule has 2 atom stereocenters. The van der Waals surface area contributed by atoms with Crippen LogP contribution in [0.4, 0.5) is 4.79 Å². The Morgan fingerprint density at radius 1 is 1.46 bits per heavy atom. The number of unbranched alkanes of at least 4 members (excludes halogenated alkanes) is 1. The third kappa shape index (κ3) is 6.32. The molecule has 13 heavy (non-hydrogen) atoms. The van der Waals surface area contributed by atoms with Gasteiger partial charge >= 0.3 is 6.03 Å². The molecule has 0 aliphatic rings. The van der Waals surface area contributed by atoms with Gasteiger partial charge in [-0.15, -0.1) is 0 Å². The van der Waals surface area contributed by atoms with Gasteiger partial charge in [0.2, 0.25) is 0 Å². The molecule has 0 rings (SSSR count). The molecule has 0 spiro atoms. The summed E-state index contributed by atoms with van der Waals surface area (Å²) in [6.07, 6.45) is 1.22. The zero-order valence-electron chi connectivity index (χ0n) is 7.57. The lowest BCUT2D eigenvalue weighted by molar-refractivity contribution is 0.113. The smallest absolute Gasteiger partial charge is 0.314 e. The zero-order valence-corrected chi connectivity index (χ0v) is 7.57. The fourth-order valence-corrected chi connectivity index (χ4v) is 0.935. The van der Waals surface area contributed by atoms with Gasteiger partial charge in [-0.05, 0) is 19.4 Å². The number of carbonyl (C=O) groups is 1. The Morgan fingerprint density at radius 2 is 2.08 bits per heavy atom. The maximum absolute atomic E-state index is 10.3. The van der Waals surface area contributed by atoms with Crippen LogP contribution >= 0.6 is 0 Å². The summed E-state index contributed by atoms with van der Waals surface area (Å²) in [5.41, 5.74) is 15.6. The number of nitrogens with two attached hydrogens (primary N) is 3. The first kappa shape index (κ1) is 12.2. The Bertz CT molecular complexity index is 153. The SMILES string of the molecule is NCCCC[C@H](N)C(O)NC(N)=O. The second-order valence-electron chi connectivity index (χ2n) is 2.90. The molecular weight excluding hydrogens is 172 g/mol. The summed E-state index contributed by atoms with van der Waals surface area (Å²) in [5, 5.41) is 11.3. The molecule has 6 nitrogen and oxygen atoms in total. The van der Waals surface area contributed by atoms with Crippen molar-refractivity contribution in [2.45, 2.75) is 31.5 Å². The maximum Gasteiger partial charge on any atom is 0.314 e. The summed E-state index contributed by atoms with van der Waals surface area (Å²) >= 11 is 0. The Labute approximate surface area is 77.5 Å². The Kier molecular flexibility index (Phi) is 6.21. The molecule has 0 heterocycles. The molecule has 0 fully saturated rings. The number of hydrogen-bond donors (Lipinski definition) is 5. The summed E-state index contributed by atoms with van der Waals surface area (Å²) in [6, 6.07) is -1.26. The van der Waals surface area contributed by atoms with E-state index in [1.54, 1.807) is 0 Å². The Morgan fingerprint density at radius 3 is 2.54 bits per heavy atom. The van der Waals surface area contributed by atoms with Crippen molar-refractivity contribution in [1.29, 1.82) is 0 Å². The normalized spacial score (nSPS) is 15.0. The predicted molar refractivity (Wildman–Crippen MR) is 49.6 cm³/mol. The molecule has 6 heteroatoms. The van der Waals surface area contributed by atoms with Gasteiger partial charge in [-0.3, -0.25) is 0 Å². The highest BCUT2D eigenvalue weighted by atomic mass is 16.3. The fourth-order valence-electron chi connectivity index (χ4n) is 0.935. The minimum Gasteiger partial charge on any atom is -0.372 e. The molecule has 1 unspecified atom stereocenters. The summed E-state index contributed by atoms with van der Waals surface area (Å²) in [4.78, 5) is 10.3. The van der Waals surface area contributed by atoms with E-state index < -0.39 is 18.3 Å². The van der Waals surface area contributed by atoms with E-state index in [-0.39, 0.29) is 0 Å². The number of amides is 2. The van der Waals surface area contributed by atoms with Gasteiger partial charge in [0, 0.05) is 6.04 Å². The lowest BCUT2D eigenvalue weighted by Gasteiger charge is -2.18. The predicted octanol–water partition coefficient (Wildman–Crippen LogP) is -1.57. The van der Waals surface area contributed by atoms with Crippen molar-refractivity contribution in [3.8, 4) is 0 Å². The average molecular weight is 190 g/mol. The third-order valence-corrected chi connectivity index (χ3v) is 1.69. The van der Waals surface area contributed by atoms with Crippen molar-refractivity contribution in [3.63, 3.8) is 0 Å². The number of rotatable bonds is 6. The minimum atomic E-state index is -1.07. The Hall–Kier alpha value is -0.850. The molecule has 8 N–H and O–H groups in total. The number of carbonyl (C=O) groups excluding carboxylic acids is 1. The van der Waals surface area contributed by atoms with E-state index >= 15 is 0 Å². The van der Waals surface area contributed by atoms with Gasteiger partial charge in [-0.25, -0.2) is 4.79 Å². The van der Waals surface area contributed by atoms with Crippen LogP contribution in [-0.4, -0.2) is 30.0 Å². The quantitative estimate of drug-likeness (QED) is 0.256. The van der Waals surface area contributed by atoms with E-state index in [2.05, 4.69) is 5.32 Å². The van der Waals surface area contributed by atoms with Crippen molar-refractivity contribution < 1.29 is 9.90 Å². The van der Waals surface area contributed by atoms with E-state index in [1.807, 2.05) is 0 Å². The lowest BCUT2D eigenvalue weighted by atomic mass is 10.1. The van der Waals surface area contributed by atoms with E-state index in [1.165, 1.54) is 0 Å². The zero-order chi connectivity index (χ0) is 10.3. The molecule has 0 aliphatic carbocycles. The second kappa shape index (κ2) is 6.64. The van der Waals surface area contributed by atoms with E-state index in [0.717, 1.165) is 12.8 Å². The standard InChI is InChI=1S/C7H18N4O2/c8-4-2-1-3-5(9)6(12)11-7(10)13/h5-6,12H,1-4,8-9H2,(H3,10,11,13)/t5-,6?/m0/s1. The number of primary amides is 1. The van der Waals surface area contributed by atoms with Crippen molar-refractivity contribution in [1.82, 2.24) is 5.32 Å². The average Bonchev–Trinajstić information content (AvgIpc) is 2.03. The van der Waals surface area contributed by atoms with Crippen LogP contribution < -0.4 is 22.5 Å². The largest absolute Gasteiger partial charge is 0.372 e. The molecular formula is C7H18N4O2. The van der Waals surface area contributed by atoms with Crippen LogP contribution in [-0.2, 0) is 0 Å². The number of aliphatic hydroxyl groups is 1. The summed E-state index contributed by atoms with van der Waals surface area (Å²) < 4.78 is 0. The van der Waals surface area contributed by atoms with Crippen LogP contribution in [0, 0.1) is 0 Å². The van der Waals surface area contributed by atoms with Crippen molar-refractivity contribution in [2.75, 3.05) is 6.54 Å². The van der Waals surface area contributed by atoms with Crippen LogP contribution in [0.15, 0.2) is 0 Å². The molecule has 0 aromatic heterocycles. The first-order chi connectivity index (χ1) is 6.07. The molecule has 0 aliphatic heterocycles. The van der Waals surface area contributed by atoms with Gasteiger partial charge < -0.3 is 27.6 Å². The van der Waals surface area contributed by atoms with Gasteiger partial charge in [-0.1, -0.05) is 6.42 Å². The van der Waals surface area contributed by atoms with Crippen molar-refractivity contribution in [3.05, 3.63) is 0 Å². The monoisotopic (exact) mass is 190 g/mol. The van der Waals surface area contributed by atoms with Gasteiger partial charge in [0.25, 0.3) is 0 Å². The van der Waals surface area contributed by atoms with Crippen LogP contribution in [0.3, 0.4) is 0 Å². The van der Waals surface area contributed by atoms with Crippen LogP contribution in [0.2, 0.25) is 0 Å².